The molecule has 130 valence electrons. The smallest absolute Gasteiger partial charge is 0.230 e. The summed E-state index contributed by atoms with van der Waals surface area (Å²) in [5, 5.41) is 6.59. The molecule has 0 aromatic carbocycles. The Morgan fingerprint density at radius 1 is 1.48 bits per heavy atom. The number of amides is 1. The molecule has 7 nitrogen and oxygen atoms in total. The predicted molar refractivity (Wildman–Crippen MR) is 87.6 cm³/mol. The van der Waals surface area contributed by atoms with Gasteiger partial charge in [0.15, 0.2) is 5.82 Å². The van der Waals surface area contributed by atoms with Crippen LogP contribution in [0.2, 0.25) is 0 Å². The fourth-order valence-electron chi connectivity index (χ4n) is 2.51. The van der Waals surface area contributed by atoms with E-state index in [0.717, 1.165) is 0 Å². The topological polar surface area (TPSA) is 92.5 Å². The fraction of sp³-hybridized carbons (Fsp3) is 0.733. The van der Waals surface area contributed by atoms with Crippen molar-refractivity contribution in [2.45, 2.75) is 46.0 Å². The zero-order valence-corrected chi connectivity index (χ0v) is 14.9. The lowest BCUT2D eigenvalue weighted by Gasteiger charge is -2.30. The number of aromatic nitrogens is 1. The van der Waals surface area contributed by atoms with Crippen molar-refractivity contribution >= 4 is 21.7 Å². The summed E-state index contributed by atoms with van der Waals surface area (Å²) in [5.41, 5.74) is -0.188. The maximum Gasteiger partial charge on any atom is 0.230 e. The molecule has 1 aliphatic rings. The Morgan fingerprint density at radius 2 is 2.17 bits per heavy atom. The van der Waals surface area contributed by atoms with Crippen LogP contribution in [0.3, 0.4) is 0 Å². The lowest BCUT2D eigenvalue weighted by atomic mass is 9.93. The molecule has 1 aromatic rings. The van der Waals surface area contributed by atoms with Gasteiger partial charge in [0.25, 0.3) is 0 Å². The summed E-state index contributed by atoms with van der Waals surface area (Å²) in [6, 6.07) is 1.71. The van der Waals surface area contributed by atoms with Crippen LogP contribution >= 0.6 is 0 Å². The molecular formula is C15H25N3O4S. The number of nitrogens with zero attached hydrogens (tertiary/aromatic N) is 2. The third-order valence-electron chi connectivity index (χ3n) is 4.01. The number of carbonyl (C=O) groups excluding carboxylic acids is 1. The molecule has 2 heterocycles. The highest BCUT2D eigenvalue weighted by atomic mass is 32.2. The molecule has 0 bridgehead atoms. The van der Waals surface area contributed by atoms with Gasteiger partial charge in [-0.05, 0) is 19.8 Å². The Labute approximate surface area is 137 Å². The molecule has 1 N–H and O–H groups in total. The molecule has 0 aliphatic carbocycles. The molecular weight excluding hydrogens is 318 g/mol. The molecule has 1 saturated heterocycles. The second-order valence-corrected chi connectivity index (χ2v) is 9.17. The fourth-order valence-corrected chi connectivity index (χ4v) is 3.69. The van der Waals surface area contributed by atoms with Gasteiger partial charge in [0.05, 0.1) is 11.7 Å². The van der Waals surface area contributed by atoms with Crippen LogP contribution in [0.5, 0.6) is 0 Å². The van der Waals surface area contributed by atoms with E-state index in [1.54, 1.807) is 13.0 Å². The van der Waals surface area contributed by atoms with Crippen LogP contribution in [0, 0.1) is 5.92 Å². The number of hydrogen-bond donors (Lipinski definition) is 1. The van der Waals surface area contributed by atoms with Crippen LogP contribution in [0.25, 0.3) is 0 Å². The molecule has 0 spiro atoms. The first kappa shape index (κ1) is 17.9. The average Bonchev–Trinajstić information content (AvgIpc) is 2.96. The van der Waals surface area contributed by atoms with Gasteiger partial charge in [-0.15, -0.1) is 0 Å². The van der Waals surface area contributed by atoms with Crippen molar-refractivity contribution in [2.75, 3.05) is 24.2 Å². The van der Waals surface area contributed by atoms with Crippen LogP contribution in [0.15, 0.2) is 10.6 Å². The van der Waals surface area contributed by atoms with E-state index in [1.165, 1.54) is 4.31 Å². The molecule has 8 heteroatoms. The van der Waals surface area contributed by atoms with Crippen molar-refractivity contribution in [1.82, 2.24) is 9.46 Å². The highest BCUT2D eigenvalue weighted by molar-refractivity contribution is 7.89. The first-order valence-corrected chi connectivity index (χ1v) is 9.50. The molecule has 1 fully saturated rings. The number of hydrogen-bond acceptors (Lipinski definition) is 5. The normalized spacial score (nSPS) is 20.4. The number of nitrogens with one attached hydrogen (secondary N) is 1. The Bertz CT molecular complexity index is 661. The van der Waals surface area contributed by atoms with Crippen molar-refractivity contribution < 1.29 is 17.7 Å². The van der Waals surface area contributed by atoms with Gasteiger partial charge < -0.3 is 9.84 Å². The van der Waals surface area contributed by atoms with Crippen LogP contribution < -0.4 is 5.32 Å². The van der Waals surface area contributed by atoms with E-state index in [-0.39, 0.29) is 29.5 Å². The van der Waals surface area contributed by atoms with E-state index in [4.69, 9.17) is 4.52 Å². The van der Waals surface area contributed by atoms with Crippen molar-refractivity contribution in [3.05, 3.63) is 11.8 Å². The van der Waals surface area contributed by atoms with E-state index in [9.17, 15) is 13.2 Å². The molecule has 1 amide bonds. The molecule has 0 saturated carbocycles. The van der Waals surface area contributed by atoms with Gasteiger partial charge >= 0.3 is 0 Å². The van der Waals surface area contributed by atoms with Gasteiger partial charge in [-0.3, -0.25) is 4.79 Å². The summed E-state index contributed by atoms with van der Waals surface area (Å²) in [4.78, 5) is 12.4. The Balaban J connectivity index is 2.02. The SMILES string of the molecule is CCS(=O)(=O)N1CCCC(C(=O)Nc2cc(C(C)(C)C)on2)C1. The van der Waals surface area contributed by atoms with E-state index in [1.807, 2.05) is 20.8 Å². The van der Waals surface area contributed by atoms with Crippen LogP contribution in [-0.4, -0.2) is 42.6 Å². The Morgan fingerprint density at radius 3 is 2.74 bits per heavy atom. The largest absolute Gasteiger partial charge is 0.359 e. The van der Waals surface area contributed by atoms with E-state index < -0.39 is 10.0 Å². The molecule has 23 heavy (non-hydrogen) atoms. The minimum absolute atomic E-state index is 0.0551. The van der Waals surface area contributed by atoms with E-state index in [2.05, 4.69) is 10.5 Å². The van der Waals surface area contributed by atoms with Gasteiger partial charge in [0.1, 0.15) is 5.76 Å². The summed E-state index contributed by atoms with van der Waals surface area (Å²) in [7, 11) is -3.26. The molecule has 1 unspecified atom stereocenters. The number of rotatable bonds is 4. The van der Waals surface area contributed by atoms with Gasteiger partial charge in [-0.25, -0.2) is 12.7 Å². The van der Waals surface area contributed by atoms with E-state index >= 15 is 0 Å². The molecule has 1 atom stereocenters. The lowest BCUT2D eigenvalue weighted by molar-refractivity contribution is -0.120. The minimum Gasteiger partial charge on any atom is -0.359 e. The average molecular weight is 343 g/mol. The summed E-state index contributed by atoms with van der Waals surface area (Å²) >= 11 is 0. The van der Waals surface area contributed by atoms with Crippen LogP contribution in [-0.2, 0) is 20.2 Å². The van der Waals surface area contributed by atoms with Crippen molar-refractivity contribution in [3.63, 3.8) is 0 Å². The van der Waals surface area contributed by atoms with Crippen molar-refractivity contribution in [1.29, 1.82) is 0 Å². The molecule has 0 radical (unpaired) electrons. The lowest BCUT2D eigenvalue weighted by Crippen LogP contribution is -2.44. The van der Waals surface area contributed by atoms with E-state index in [0.29, 0.717) is 31.0 Å². The zero-order valence-electron chi connectivity index (χ0n) is 14.1. The number of anilines is 1. The maximum absolute atomic E-state index is 12.4. The highest BCUT2D eigenvalue weighted by Crippen LogP contribution is 2.25. The highest BCUT2D eigenvalue weighted by Gasteiger charge is 2.32. The van der Waals surface area contributed by atoms with Gasteiger partial charge in [-0.1, -0.05) is 25.9 Å². The van der Waals surface area contributed by atoms with Crippen molar-refractivity contribution in [3.8, 4) is 0 Å². The first-order chi connectivity index (χ1) is 10.6. The van der Waals surface area contributed by atoms with Crippen LogP contribution in [0.4, 0.5) is 5.82 Å². The predicted octanol–water partition coefficient (Wildman–Crippen LogP) is 1.97. The third-order valence-corrected chi connectivity index (χ3v) is 5.86. The standard InChI is InChI=1S/C15H25N3O4S/c1-5-23(20,21)18-8-6-7-11(10-18)14(19)16-13-9-12(22-17-13)15(2,3)4/h9,11H,5-8,10H2,1-4H3,(H,16,17,19). The monoisotopic (exact) mass is 343 g/mol. The summed E-state index contributed by atoms with van der Waals surface area (Å²) in [6.07, 6.45) is 1.36. The second kappa shape index (κ2) is 6.60. The quantitative estimate of drug-likeness (QED) is 0.902. The van der Waals surface area contributed by atoms with Gasteiger partial charge in [0, 0.05) is 24.6 Å². The molecule has 2 rings (SSSR count). The molecule has 1 aliphatic heterocycles. The number of sulfonamides is 1. The summed E-state index contributed by atoms with van der Waals surface area (Å²) in [5.74, 6) is 0.538. The first-order valence-electron chi connectivity index (χ1n) is 7.89. The molecule has 1 aromatic heterocycles. The minimum atomic E-state index is -3.26. The summed E-state index contributed by atoms with van der Waals surface area (Å²) in [6.45, 7) is 8.31. The van der Waals surface area contributed by atoms with Crippen LogP contribution in [0.1, 0.15) is 46.3 Å². The van der Waals surface area contributed by atoms with Crippen molar-refractivity contribution in [2.24, 2.45) is 5.92 Å². The third kappa shape index (κ3) is 4.32. The second-order valence-electron chi connectivity index (χ2n) is 6.91. The number of piperidine rings is 1. The summed E-state index contributed by atoms with van der Waals surface area (Å²) < 4.78 is 30.6. The van der Waals surface area contributed by atoms with Gasteiger partial charge in [-0.2, -0.15) is 0 Å². The maximum atomic E-state index is 12.4. The zero-order chi connectivity index (χ0) is 17.3. The van der Waals surface area contributed by atoms with Gasteiger partial charge in [0.2, 0.25) is 15.9 Å². The Hall–Kier alpha value is -1.41. The Kier molecular flexibility index (Phi) is 5.15. The number of carbonyl (C=O) groups is 1.